The molecule has 1 aromatic rings. The number of benzene rings is 1. The van der Waals surface area contributed by atoms with Crippen LogP contribution in [0.15, 0.2) is 24.3 Å². The van der Waals surface area contributed by atoms with Crippen molar-refractivity contribution in [2.75, 3.05) is 44.3 Å². The summed E-state index contributed by atoms with van der Waals surface area (Å²) in [6.45, 7) is 9.83. The van der Waals surface area contributed by atoms with Crippen LogP contribution in [0.3, 0.4) is 0 Å². The van der Waals surface area contributed by atoms with Gasteiger partial charge in [-0.2, -0.15) is 0 Å². The maximum absolute atomic E-state index is 12.6. The molecule has 0 spiro atoms. The Kier molecular flexibility index (Phi) is 5.44. The van der Waals surface area contributed by atoms with Gasteiger partial charge in [-0.3, -0.25) is 4.79 Å². The van der Waals surface area contributed by atoms with Gasteiger partial charge in [0.1, 0.15) is 0 Å². The molecule has 2 heterocycles. The van der Waals surface area contributed by atoms with Crippen LogP contribution in [0.25, 0.3) is 0 Å². The van der Waals surface area contributed by atoms with Crippen LogP contribution in [0.2, 0.25) is 0 Å². The maximum atomic E-state index is 12.6. The second-order valence-corrected chi connectivity index (χ2v) is 7.46. The third-order valence-corrected chi connectivity index (χ3v) is 5.72. The van der Waals surface area contributed by atoms with Gasteiger partial charge in [-0.05, 0) is 36.3 Å². The highest BCUT2D eigenvalue weighted by Crippen LogP contribution is 2.33. The number of anilines is 1. The molecule has 24 heavy (non-hydrogen) atoms. The van der Waals surface area contributed by atoms with Gasteiger partial charge in [0, 0.05) is 38.3 Å². The SMILES string of the molecule is CCC1(C)CCN(C(=O)CCc2ccccc2N2CCOCC2)C1. The van der Waals surface area contributed by atoms with Crippen LogP contribution in [-0.2, 0) is 16.0 Å². The van der Waals surface area contributed by atoms with Crippen LogP contribution < -0.4 is 4.90 Å². The maximum Gasteiger partial charge on any atom is 0.222 e. The summed E-state index contributed by atoms with van der Waals surface area (Å²) in [6.07, 6.45) is 3.73. The molecule has 132 valence electrons. The minimum atomic E-state index is 0.309. The molecule has 2 fully saturated rings. The monoisotopic (exact) mass is 330 g/mol. The topological polar surface area (TPSA) is 32.8 Å². The van der Waals surface area contributed by atoms with E-state index in [1.54, 1.807) is 0 Å². The first kappa shape index (κ1) is 17.3. The molecule has 4 nitrogen and oxygen atoms in total. The number of ether oxygens (including phenoxy) is 1. The Bertz CT molecular complexity index is 569. The zero-order valence-corrected chi connectivity index (χ0v) is 15.1. The Morgan fingerprint density at radius 2 is 1.96 bits per heavy atom. The Hall–Kier alpha value is -1.55. The second kappa shape index (κ2) is 7.56. The van der Waals surface area contributed by atoms with E-state index in [-0.39, 0.29) is 0 Å². The number of hydrogen-bond donors (Lipinski definition) is 0. The predicted octanol–water partition coefficient (Wildman–Crippen LogP) is 3.10. The van der Waals surface area contributed by atoms with Gasteiger partial charge in [0.25, 0.3) is 0 Å². The zero-order chi connectivity index (χ0) is 17.0. The summed E-state index contributed by atoms with van der Waals surface area (Å²) in [6, 6.07) is 8.50. The Morgan fingerprint density at radius 3 is 2.67 bits per heavy atom. The number of aryl methyl sites for hydroxylation is 1. The van der Waals surface area contributed by atoms with Crippen LogP contribution in [0, 0.1) is 5.41 Å². The molecule has 2 saturated heterocycles. The highest BCUT2D eigenvalue weighted by molar-refractivity contribution is 5.77. The lowest BCUT2D eigenvalue weighted by atomic mass is 9.87. The summed E-state index contributed by atoms with van der Waals surface area (Å²) < 4.78 is 5.45. The fourth-order valence-corrected chi connectivity index (χ4v) is 3.76. The molecule has 0 bridgehead atoms. The summed E-state index contributed by atoms with van der Waals surface area (Å²) in [7, 11) is 0. The number of morpholine rings is 1. The molecule has 1 atom stereocenters. The molecule has 2 aliphatic heterocycles. The molecular formula is C20H30N2O2. The van der Waals surface area contributed by atoms with E-state index in [1.165, 1.54) is 11.3 Å². The Balaban J connectivity index is 1.60. The Morgan fingerprint density at radius 1 is 1.21 bits per heavy atom. The van der Waals surface area contributed by atoms with Crippen molar-refractivity contribution in [2.45, 2.75) is 39.5 Å². The molecule has 0 aromatic heterocycles. The quantitative estimate of drug-likeness (QED) is 0.832. The van der Waals surface area contributed by atoms with E-state index in [4.69, 9.17) is 4.74 Å². The van der Waals surface area contributed by atoms with Crippen molar-refractivity contribution in [2.24, 2.45) is 5.41 Å². The number of nitrogens with zero attached hydrogens (tertiary/aromatic N) is 2. The van der Waals surface area contributed by atoms with Gasteiger partial charge >= 0.3 is 0 Å². The fraction of sp³-hybridized carbons (Fsp3) is 0.650. The normalized spacial score (nSPS) is 24.4. The summed E-state index contributed by atoms with van der Waals surface area (Å²) in [5.41, 5.74) is 2.88. The van der Waals surface area contributed by atoms with E-state index in [9.17, 15) is 4.79 Å². The molecule has 1 unspecified atom stereocenters. The molecule has 4 heteroatoms. The Labute approximate surface area is 145 Å². The molecule has 0 aliphatic carbocycles. The second-order valence-electron chi connectivity index (χ2n) is 7.46. The highest BCUT2D eigenvalue weighted by atomic mass is 16.5. The largest absolute Gasteiger partial charge is 0.378 e. The van der Waals surface area contributed by atoms with Gasteiger partial charge in [-0.1, -0.05) is 32.0 Å². The number of likely N-dealkylation sites (tertiary alicyclic amines) is 1. The average molecular weight is 330 g/mol. The third-order valence-electron chi connectivity index (χ3n) is 5.72. The molecule has 1 amide bonds. The molecule has 0 radical (unpaired) electrons. The van der Waals surface area contributed by atoms with Gasteiger partial charge in [-0.25, -0.2) is 0 Å². The lowest BCUT2D eigenvalue weighted by Gasteiger charge is -2.30. The zero-order valence-electron chi connectivity index (χ0n) is 15.1. The van der Waals surface area contributed by atoms with E-state index in [2.05, 4.69) is 47.9 Å². The molecule has 0 N–H and O–H groups in total. The van der Waals surface area contributed by atoms with Crippen molar-refractivity contribution >= 4 is 11.6 Å². The summed E-state index contributed by atoms with van der Waals surface area (Å²) >= 11 is 0. The van der Waals surface area contributed by atoms with Gasteiger partial charge in [0.05, 0.1) is 13.2 Å². The van der Waals surface area contributed by atoms with Crippen molar-refractivity contribution in [3.63, 3.8) is 0 Å². The standard InChI is InChI=1S/C20H30N2O2/c1-3-20(2)10-11-22(16-20)19(23)9-8-17-6-4-5-7-18(17)21-12-14-24-15-13-21/h4-7H,3,8-16H2,1-2H3. The first-order valence-electron chi connectivity index (χ1n) is 9.30. The van der Waals surface area contributed by atoms with Crippen molar-refractivity contribution in [3.8, 4) is 0 Å². The van der Waals surface area contributed by atoms with E-state index in [0.717, 1.165) is 58.7 Å². The van der Waals surface area contributed by atoms with Crippen molar-refractivity contribution in [1.29, 1.82) is 0 Å². The van der Waals surface area contributed by atoms with E-state index < -0.39 is 0 Å². The molecule has 2 aliphatic rings. The first-order chi connectivity index (χ1) is 11.6. The van der Waals surface area contributed by atoms with Crippen molar-refractivity contribution in [3.05, 3.63) is 29.8 Å². The number of carbonyl (C=O) groups is 1. The van der Waals surface area contributed by atoms with Crippen LogP contribution in [-0.4, -0.2) is 50.2 Å². The van der Waals surface area contributed by atoms with Crippen LogP contribution >= 0.6 is 0 Å². The molecule has 3 rings (SSSR count). The third kappa shape index (κ3) is 3.92. The summed E-state index contributed by atoms with van der Waals surface area (Å²) in [5.74, 6) is 0.309. The van der Waals surface area contributed by atoms with Crippen LogP contribution in [0.4, 0.5) is 5.69 Å². The minimum absolute atomic E-state index is 0.309. The van der Waals surface area contributed by atoms with Gasteiger partial charge in [-0.15, -0.1) is 0 Å². The lowest BCUT2D eigenvalue weighted by molar-refractivity contribution is -0.130. The van der Waals surface area contributed by atoms with E-state index >= 15 is 0 Å². The van der Waals surface area contributed by atoms with Crippen LogP contribution in [0.1, 0.15) is 38.7 Å². The summed E-state index contributed by atoms with van der Waals surface area (Å²) in [4.78, 5) is 17.1. The number of carbonyl (C=O) groups excluding carboxylic acids is 1. The number of para-hydroxylation sites is 1. The van der Waals surface area contributed by atoms with Crippen molar-refractivity contribution in [1.82, 2.24) is 4.90 Å². The van der Waals surface area contributed by atoms with Gasteiger partial charge in [0.2, 0.25) is 5.91 Å². The minimum Gasteiger partial charge on any atom is -0.378 e. The van der Waals surface area contributed by atoms with Gasteiger partial charge < -0.3 is 14.5 Å². The lowest BCUT2D eigenvalue weighted by Crippen LogP contribution is -2.37. The molecule has 0 saturated carbocycles. The van der Waals surface area contributed by atoms with Gasteiger partial charge in [0.15, 0.2) is 0 Å². The van der Waals surface area contributed by atoms with E-state index in [1.807, 2.05) is 0 Å². The first-order valence-corrected chi connectivity index (χ1v) is 9.30. The smallest absolute Gasteiger partial charge is 0.222 e. The average Bonchev–Trinajstić information content (AvgIpc) is 3.04. The predicted molar refractivity (Wildman–Crippen MR) is 97.4 cm³/mol. The molecule has 1 aromatic carbocycles. The van der Waals surface area contributed by atoms with Crippen LogP contribution in [0.5, 0.6) is 0 Å². The number of rotatable bonds is 5. The van der Waals surface area contributed by atoms with Crippen molar-refractivity contribution < 1.29 is 9.53 Å². The number of amides is 1. The number of hydrogen-bond acceptors (Lipinski definition) is 3. The molecular weight excluding hydrogens is 300 g/mol. The van der Waals surface area contributed by atoms with E-state index in [0.29, 0.717) is 17.7 Å². The highest BCUT2D eigenvalue weighted by Gasteiger charge is 2.34. The fourth-order valence-electron chi connectivity index (χ4n) is 3.76. The summed E-state index contributed by atoms with van der Waals surface area (Å²) in [5, 5.41) is 0.